The van der Waals surface area contributed by atoms with Crippen molar-refractivity contribution < 1.29 is 42.0 Å². The summed E-state index contributed by atoms with van der Waals surface area (Å²) in [6, 6.07) is 13.7. The standard InChI is InChI=1S/C29H29ClF4N2O5/c30-23-24(31)21(26(35)38)22(29(34,39)25(23)40-27(32)33)18-7-4-8-20-19(18)13-28(41-20,15-5-2-1-3-6-15)14-36-16-9-11-17(37)12-10-16/h1-8,16-17,22,27,36-37,39H,9-14H2,(H2,35,38)/t16?,17?,22-,28?,29+/m0/s1. The number of aliphatic hydroxyl groups excluding tert-OH is 1. The van der Waals surface area contributed by atoms with Gasteiger partial charge in [0.2, 0.25) is 5.91 Å². The summed E-state index contributed by atoms with van der Waals surface area (Å²) in [7, 11) is 0. The number of benzene rings is 2. The van der Waals surface area contributed by atoms with Crippen molar-refractivity contribution in [3.63, 3.8) is 0 Å². The number of nitrogens with one attached hydrogen (secondary N) is 1. The van der Waals surface area contributed by atoms with Crippen molar-refractivity contribution in [1.29, 1.82) is 0 Å². The maximum absolute atomic E-state index is 16.2. The van der Waals surface area contributed by atoms with Crippen LogP contribution in [0.15, 0.2) is 70.7 Å². The first-order valence-electron chi connectivity index (χ1n) is 13.2. The third kappa shape index (κ3) is 5.43. The average Bonchev–Trinajstić information content (AvgIpc) is 3.33. The number of aliphatic hydroxyl groups is 2. The van der Waals surface area contributed by atoms with Crippen molar-refractivity contribution in [2.45, 2.75) is 68.2 Å². The lowest BCUT2D eigenvalue weighted by molar-refractivity contribution is -0.172. The number of allylic oxidation sites excluding steroid dienone is 2. The molecule has 3 atom stereocenters. The SMILES string of the molecule is NC(=O)C1=C(F)C(Cl)=C(OC(F)F)[C@@](O)(F)[C@H]1c1cccc2c1CC(CNC1CCC(O)CC1)(c1ccccc1)O2. The molecule has 0 radical (unpaired) electrons. The Morgan fingerprint density at radius 3 is 2.46 bits per heavy atom. The number of ether oxygens (including phenoxy) is 2. The van der Waals surface area contributed by atoms with Gasteiger partial charge in [-0.15, -0.1) is 0 Å². The van der Waals surface area contributed by atoms with Crippen molar-refractivity contribution in [3.05, 3.63) is 87.4 Å². The zero-order chi connectivity index (χ0) is 29.5. The first-order valence-corrected chi connectivity index (χ1v) is 13.6. The second kappa shape index (κ2) is 11.3. The number of carbonyl (C=O) groups excluding carboxylic acids is 1. The van der Waals surface area contributed by atoms with Crippen LogP contribution in [0.5, 0.6) is 5.75 Å². The van der Waals surface area contributed by atoms with Crippen molar-refractivity contribution >= 4 is 17.5 Å². The minimum absolute atomic E-state index is 0.0909. The van der Waals surface area contributed by atoms with Crippen molar-refractivity contribution in [3.8, 4) is 5.75 Å². The molecule has 7 nitrogen and oxygen atoms in total. The van der Waals surface area contributed by atoms with Crippen LogP contribution < -0.4 is 15.8 Å². The van der Waals surface area contributed by atoms with Gasteiger partial charge in [0.05, 0.1) is 17.6 Å². The summed E-state index contributed by atoms with van der Waals surface area (Å²) in [5.41, 5.74) is 4.33. The molecular formula is C29H29ClF4N2O5. The molecule has 2 aromatic carbocycles. The smallest absolute Gasteiger partial charge is 0.387 e. The van der Waals surface area contributed by atoms with Crippen LogP contribution in [0.1, 0.15) is 48.3 Å². The van der Waals surface area contributed by atoms with E-state index in [0.29, 0.717) is 24.9 Å². The summed E-state index contributed by atoms with van der Waals surface area (Å²) >= 11 is 5.75. The van der Waals surface area contributed by atoms with E-state index >= 15 is 8.78 Å². The lowest BCUT2D eigenvalue weighted by atomic mass is 9.76. The molecule has 1 heterocycles. The molecule has 1 aliphatic heterocycles. The predicted octanol–water partition coefficient (Wildman–Crippen LogP) is 4.56. The topological polar surface area (TPSA) is 114 Å². The molecule has 41 heavy (non-hydrogen) atoms. The summed E-state index contributed by atoms with van der Waals surface area (Å²) in [5, 5.41) is 23.0. The van der Waals surface area contributed by atoms with E-state index in [9.17, 15) is 23.8 Å². The molecule has 0 spiro atoms. The van der Waals surface area contributed by atoms with E-state index in [-0.39, 0.29) is 29.9 Å². The predicted molar refractivity (Wildman–Crippen MR) is 141 cm³/mol. The fourth-order valence-electron chi connectivity index (χ4n) is 6.02. The fraction of sp³-hybridized carbons (Fsp3) is 0.414. The first kappa shape index (κ1) is 29.4. The lowest BCUT2D eigenvalue weighted by Crippen LogP contribution is -2.47. The second-order valence-corrected chi connectivity index (χ2v) is 10.9. The van der Waals surface area contributed by atoms with E-state index in [1.165, 1.54) is 12.1 Å². The van der Waals surface area contributed by atoms with E-state index in [2.05, 4.69) is 10.1 Å². The Morgan fingerprint density at radius 2 is 1.83 bits per heavy atom. The Labute approximate surface area is 238 Å². The van der Waals surface area contributed by atoms with Crippen LogP contribution in [-0.2, 0) is 21.6 Å². The molecule has 2 aromatic rings. The van der Waals surface area contributed by atoms with Gasteiger partial charge in [-0.05, 0) is 42.9 Å². The van der Waals surface area contributed by atoms with Gasteiger partial charge in [0.1, 0.15) is 10.8 Å². The summed E-state index contributed by atoms with van der Waals surface area (Å²) in [6.45, 7) is -3.35. The molecule has 2 aliphatic carbocycles. The van der Waals surface area contributed by atoms with Gasteiger partial charge < -0.3 is 30.7 Å². The Morgan fingerprint density at radius 1 is 1.15 bits per heavy atom. The van der Waals surface area contributed by atoms with Gasteiger partial charge in [0.15, 0.2) is 17.2 Å². The number of hydrogen-bond acceptors (Lipinski definition) is 6. The third-order valence-corrected chi connectivity index (χ3v) is 8.35. The number of nitrogens with two attached hydrogens (primary N) is 1. The zero-order valence-corrected chi connectivity index (χ0v) is 22.5. The highest BCUT2D eigenvalue weighted by molar-refractivity contribution is 6.32. The molecular weight excluding hydrogens is 568 g/mol. The summed E-state index contributed by atoms with van der Waals surface area (Å²) in [4.78, 5) is 12.4. The quantitative estimate of drug-likeness (QED) is 0.332. The Kier molecular flexibility index (Phi) is 8.08. The molecule has 1 fully saturated rings. The molecule has 3 aliphatic rings. The highest BCUT2D eigenvalue weighted by Crippen LogP contribution is 2.54. The van der Waals surface area contributed by atoms with E-state index in [0.717, 1.165) is 18.4 Å². The highest BCUT2D eigenvalue weighted by atomic mass is 35.5. The molecule has 0 saturated heterocycles. The van der Waals surface area contributed by atoms with Crippen LogP contribution in [0.4, 0.5) is 17.6 Å². The molecule has 1 unspecified atom stereocenters. The summed E-state index contributed by atoms with van der Waals surface area (Å²) in [5.74, 6) is -10.4. The Balaban J connectivity index is 1.57. The summed E-state index contributed by atoms with van der Waals surface area (Å²) in [6.07, 6.45) is 2.58. The van der Waals surface area contributed by atoms with E-state index in [4.69, 9.17) is 22.1 Å². The minimum Gasteiger partial charge on any atom is -0.481 e. The molecule has 1 amide bonds. The van der Waals surface area contributed by atoms with Crippen molar-refractivity contribution in [2.24, 2.45) is 5.73 Å². The molecule has 220 valence electrons. The summed E-state index contributed by atoms with van der Waals surface area (Å²) < 4.78 is 68.4. The van der Waals surface area contributed by atoms with Crippen LogP contribution in [0, 0.1) is 0 Å². The van der Waals surface area contributed by atoms with Gasteiger partial charge >= 0.3 is 6.61 Å². The maximum atomic E-state index is 16.2. The van der Waals surface area contributed by atoms with Gasteiger partial charge in [0, 0.05) is 24.6 Å². The van der Waals surface area contributed by atoms with Crippen molar-refractivity contribution in [2.75, 3.05) is 6.54 Å². The normalized spacial score (nSPS) is 29.9. The number of rotatable bonds is 8. The molecule has 5 N–H and O–H groups in total. The van der Waals surface area contributed by atoms with E-state index in [1.54, 1.807) is 6.07 Å². The molecule has 0 aromatic heterocycles. The minimum atomic E-state index is -3.86. The average molecular weight is 597 g/mol. The number of amides is 1. The van der Waals surface area contributed by atoms with Gasteiger partial charge in [-0.2, -0.15) is 8.78 Å². The first-order chi connectivity index (χ1) is 19.4. The Bertz CT molecular complexity index is 1380. The van der Waals surface area contributed by atoms with Gasteiger partial charge in [-0.3, -0.25) is 4.79 Å². The monoisotopic (exact) mass is 596 g/mol. The Hall–Kier alpha value is -3.12. The number of hydrogen-bond donors (Lipinski definition) is 4. The van der Waals surface area contributed by atoms with Crippen LogP contribution in [-0.4, -0.2) is 47.3 Å². The zero-order valence-electron chi connectivity index (χ0n) is 21.8. The molecule has 12 heteroatoms. The van der Waals surface area contributed by atoms with E-state index in [1.807, 2.05) is 30.3 Å². The maximum Gasteiger partial charge on any atom is 0.387 e. The number of carbonyl (C=O) groups is 1. The third-order valence-electron chi connectivity index (χ3n) is 8.01. The van der Waals surface area contributed by atoms with Crippen LogP contribution in [0.3, 0.4) is 0 Å². The van der Waals surface area contributed by atoms with Crippen LogP contribution in [0.2, 0.25) is 0 Å². The van der Waals surface area contributed by atoms with Gasteiger partial charge in [-0.25, -0.2) is 8.78 Å². The van der Waals surface area contributed by atoms with Crippen LogP contribution >= 0.6 is 11.6 Å². The molecule has 0 bridgehead atoms. The number of halogens is 5. The number of primary amides is 1. The highest BCUT2D eigenvalue weighted by Gasteiger charge is 2.56. The fourth-order valence-corrected chi connectivity index (χ4v) is 6.30. The van der Waals surface area contributed by atoms with Gasteiger partial charge in [-0.1, -0.05) is 54.1 Å². The van der Waals surface area contributed by atoms with E-state index < -0.39 is 52.1 Å². The second-order valence-electron chi connectivity index (χ2n) is 10.6. The van der Waals surface area contributed by atoms with Crippen LogP contribution in [0.25, 0.3) is 0 Å². The number of fused-ring (bicyclic) bond motifs is 1. The largest absolute Gasteiger partial charge is 0.481 e. The lowest BCUT2D eigenvalue weighted by Gasteiger charge is -2.36. The molecule has 1 saturated carbocycles. The van der Waals surface area contributed by atoms with Gasteiger partial charge in [0.25, 0.3) is 5.85 Å². The van der Waals surface area contributed by atoms with Crippen molar-refractivity contribution in [1.82, 2.24) is 5.32 Å². The molecule has 5 rings (SSSR count). The number of alkyl halides is 3.